The van der Waals surface area contributed by atoms with Crippen molar-refractivity contribution in [3.63, 3.8) is 0 Å². The van der Waals surface area contributed by atoms with Crippen LogP contribution in [-0.4, -0.2) is 51.0 Å². The van der Waals surface area contributed by atoms with Crippen LogP contribution in [-0.2, 0) is 9.59 Å². The number of imide groups is 1. The van der Waals surface area contributed by atoms with Gasteiger partial charge in [0.2, 0.25) is 11.8 Å². The summed E-state index contributed by atoms with van der Waals surface area (Å²) in [6.07, 6.45) is -0.998. The van der Waals surface area contributed by atoms with E-state index >= 15 is 0 Å². The van der Waals surface area contributed by atoms with Gasteiger partial charge in [0.05, 0.1) is 12.6 Å². The molecule has 1 aliphatic rings. The molecule has 1 fully saturated rings. The Morgan fingerprint density at radius 1 is 1.36 bits per heavy atom. The number of thioether (sulfide) groups is 1. The third-order valence-corrected chi connectivity index (χ3v) is 4.26. The first-order chi connectivity index (χ1) is 10.4. The van der Waals surface area contributed by atoms with Gasteiger partial charge in [-0.15, -0.1) is 0 Å². The minimum atomic E-state index is -0.902. The molecule has 1 aliphatic heterocycles. The minimum Gasteiger partial charge on any atom is -0.508 e. The maximum Gasteiger partial charge on any atom is 0.286 e. The molecule has 2 unspecified atom stereocenters. The number of amides is 3. The highest BCUT2D eigenvalue weighted by molar-refractivity contribution is 8.15. The fraction of sp³-hybridized carbons (Fsp3) is 0.357. The number of nitrogens with one attached hydrogen (secondary N) is 1. The van der Waals surface area contributed by atoms with Gasteiger partial charge in [-0.1, -0.05) is 23.9 Å². The van der Waals surface area contributed by atoms with Crippen LogP contribution in [0.25, 0.3) is 0 Å². The number of likely N-dealkylation sites (N-methyl/N-ethyl adjacent to an activating group) is 1. The fourth-order valence-corrected chi connectivity index (χ4v) is 2.81. The molecule has 118 valence electrons. The van der Waals surface area contributed by atoms with Gasteiger partial charge >= 0.3 is 0 Å². The van der Waals surface area contributed by atoms with Gasteiger partial charge in [-0.25, -0.2) is 0 Å². The Hall–Kier alpha value is -2.06. The number of phenols is 1. The Labute approximate surface area is 131 Å². The van der Waals surface area contributed by atoms with E-state index in [0.717, 1.165) is 11.8 Å². The van der Waals surface area contributed by atoms with E-state index in [4.69, 9.17) is 0 Å². The van der Waals surface area contributed by atoms with E-state index in [1.165, 1.54) is 24.1 Å². The van der Waals surface area contributed by atoms with Crippen LogP contribution < -0.4 is 5.32 Å². The monoisotopic (exact) mass is 324 g/mol. The second-order valence-corrected chi connectivity index (χ2v) is 6.14. The van der Waals surface area contributed by atoms with Crippen molar-refractivity contribution >= 4 is 28.8 Å². The second-order valence-electron chi connectivity index (χ2n) is 4.97. The number of hydrogen-bond acceptors (Lipinski definition) is 6. The van der Waals surface area contributed by atoms with Crippen LogP contribution in [0.1, 0.15) is 18.1 Å². The number of carbonyl (C=O) groups excluding carboxylic acids is 3. The number of phenolic OH excluding ortho intramolecular Hbond substituents is 1. The summed E-state index contributed by atoms with van der Waals surface area (Å²) in [5, 5.41) is 20.2. The lowest BCUT2D eigenvalue weighted by Gasteiger charge is -2.22. The molecule has 8 heteroatoms. The largest absolute Gasteiger partial charge is 0.508 e. The van der Waals surface area contributed by atoms with Crippen molar-refractivity contribution in [2.45, 2.75) is 17.8 Å². The molecule has 0 spiro atoms. The maximum absolute atomic E-state index is 12.0. The molecule has 0 bridgehead atoms. The summed E-state index contributed by atoms with van der Waals surface area (Å²) in [6.45, 7) is 0.0521. The first-order valence-electron chi connectivity index (χ1n) is 6.59. The van der Waals surface area contributed by atoms with Crippen molar-refractivity contribution in [1.29, 1.82) is 0 Å². The molecule has 0 aromatic heterocycles. The van der Waals surface area contributed by atoms with Gasteiger partial charge in [-0.2, -0.15) is 0 Å². The molecule has 1 aromatic carbocycles. The van der Waals surface area contributed by atoms with Crippen molar-refractivity contribution in [3.8, 4) is 5.75 Å². The molecule has 1 aromatic rings. The Morgan fingerprint density at radius 3 is 2.55 bits per heavy atom. The van der Waals surface area contributed by atoms with E-state index in [9.17, 15) is 24.6 Å². The number of aromatic hydroxyl groups is 1. The van der Waals surface area contributed by atoms with Gasteiger partial charge in [0.15, 0.2) is 0 Å². The molecule has 0 saturated carbocycles. The summed E-state index contributed by atoms with van der Waals surface area (Å²) in [6, 6.07) is 6.03. The van der Waals surface area contributed by atoms with E-state index in [1.54, 1.807) is 12.1 Å². The lowest BCUT2D eigenvalue weighted by atomic mass is 10.1. The van der Waals surface area contributed by atoms with E-state index < -0.39 is 22.5 Å². The lowest BCUT2D eigenvalue weighted by molar-refractivity contribution is -0.133. The average Bonchev–Trinajstić information content (AvgIpc) is 2.77. The third kappa shape index (κ3) is 3.99. The number of aliphatic hydroxyl groups is 1. The molecule has 22 heavy (non-hydrogen) atoms. The van der Waals surface area contributed by atoms with E-state index in [1.807, 2.05) is 0 Å². The van der Waals surface area contributed by atoms with Gasteiger partial charge in [0.1, 0.15) is 11.0 Å². The second kappa shape index (κ2) is 6.80. The first-order valence-corrected chi connectivity index (χ1v) is 7.47. The Morgan fingerprint density at radius 2 is 2.00 bits per heavy atom. The Balaban J connectivity index is 1.89. The van der Waals surface area contributed by atoms with Gasteiger partial charge in [-0.3, -0.25) is 19.7 Å². The predicted molar refractivity (Wildman–Crippen MR) is 80.2 cm³/mol. The van der Waals surface area contributed by atoms with E-state index in [0.29, 0.717) is 5.56 Å². The fourth-order valence-electron chi connectivity index (χ4n) is 2.01. The van der Waals surface area contributed by atoms with Crippen LogP contribution in [0.3, 0.4) is 0 Å². The van der Waals surface area contributed by atoms with Gasteiger partial charge in [-0.05, 0) is 17.7 Å². The smallest absolute Gasteiger partial charge is 0.286 e. The minimum absolute atomic E-state index is 0.0521. The molecule has 0 aliphatic carbocycles. The number of rotatable bonds is 5. The molecule has 1 heterocycles. The zero-order valence-corrected chi connectivity index (χ0v) is 12.7. The normalized spacial score (nSPS) is 18.9. The van der Waals surface area contributed by atoms with Crippen molar-refractivity contribution in [2.24, 2.45) is 0 Å². The lowest BCUT2D eigenvalue weighted by Crippen LogP contribution is -2.35. The van der Waals surface area contributed by atoms with Gasteiger partial charge in [0, 0.05) is 13.5 Å². The summed E-state index contributed by atoms with van der Waals surface area (Å²) >= 11 is 0.799. The summed E-state index contributed by atoms with van der Waals surface area (Å²) in [7, 11) is 1.52. The molecular formula is C14H16N2O5S. The molecule has 2 rings (SSSR count). The molecular weight excluding hydrogens is 308 g/mol. The average molecular weight is 324 g/mol. The van der Waals surface area contributed by atoms with Crippen molar-refractivity contribution in [3.05, 3.63) is 29.8 Å². The maximum atomic E-state index is 12.0. The van der Waals surface area contributed by atoms with Crippen molar-refractivity contribution in [2.75, 3.05) is 13.6 Å². The first kappa shape index (κ1) is 16.3. The van der Waals surface area contributed by atoms with Crippen molar-refractivity contribution in [1.82, 2.24) is 10.2 Å². The van der Waals surface area contributed by atoms with Crippen LogP contribution >= 0.6 is 11.8 Å². The Kier molecular flexibility index (Phi) is 5.04. The van der Waals surface area contributed by atoms with Crippen LogP contribution in [0.15, 0.2) is 24.3 Å². The highest BCUT2D eigenvalue weighted by atomic mass is 32.2. The standard InChI is InChI=1S/C14H16N2O5S/c1-16(7-10(18)8-2-4-9(17)5-3-8)12(19)6-11-13(20)15-14(21)22-11/h2-5,10-11,17-18H,6-7H2,1H3,(H,15,20,21). The topological polar surface area (TPSA) is 107 Å². The quantitative estimate of drug-likeness (QED) is 0.733. The number of benzene rings is 1. The van der Waals surface area contributed by atoms with Gasteiger partial charge < -0.3 is 15.1 Å². The van der Waals surface area contributed by atoms with E-state index in [2.05, 4.69) is 5.32 Å². The Bertz CT molecular complexity index is 589. The van der Waals surface area contributed by atoms with Crippen molar-refractivity contribution < 1.29 is 24.6 Å². The van der Waals surface area contributed by atoms with Crippen LogP contribution in [0, 0.1) is 0 Å². The molecule has 3 amide bonds. The number of nitrogens with zero attached hydrogens (tertiary/aromatic N) is 1. The molecule has 3 N–H and O–H groups in total. The van der Waals surface area contributed by atoms with E-state index in [-0.39, 0.29) is 24.6 Å². The van der Waals surface area contributed by atoms with Crippen LogP contribution in [0.5, 0.6) is 5.75 Å². The highest BCUT2D eigenvalue weighted by Gasteiger charge is 2.34. The number of carbonyl (C=O) groups is 3. The zero-order valence-electron chi connectivity index (χ0n) is 11.9. The highest BCUT2D eigenvalue weighted by Crippen LogP contribution is 2.23. The SMILES string of the molecule is CN(CC(O)c1ccc(O)cc1)C(=O)CC1SC(=O)NC1=O. The summed E-state index contributed by atoms with van der Waals surface area (Å²) in [4.78, 5) is 35.8. The van der Waals surface area contributed by atoms with Crippen LogP contribution in [0.4, 0.5) is 4.79 Å². The molecule has 1 saturated heterocycles. The zero-order chi connectivity index (χ0) is 16.3. The summed E-state index contributed by atoms with van der Waals surface area (Å²) in [5.74, 6) is -0.703. The third-order valence-electron chi connectivity index (χ3n) is 3.28. The summed E-state index contributed by atoms with van der Waals surface area (Å²) < 4.78 is 0. The number of aliphatic hydroxyl groups excluding tert-OH is 1. The molecule has 7 nitrogen and oxygen atoms in total. The van der Waals surface area contributed by atoms with Crippen LogP contribution in [0.2, 0.25) is 0 Å². The molecule has 2 atom stereocenters. The summed E-state index contributed by atoms with van der Waals surface area (Å²) in [5.41, 5.74) is 0.570. The predicted octanol–water partition coefficient (Wildman–Crippen LogP) is 0.626. The molecule has 0 radical (unpaired) electrons. The van der Waals surface area contributed by atoms with Gasteiger partial charge in [0.25, 0.3) is 5.24 Å². The number of hydrogen-bond donors (Lipinski definition) is 3.